The van der Waals surface area contributed by atoms with E-state index in [-0.39, 0.29) is 12.4 Å². The molecule has 0 aromatic carbocycles. The Bertz CT molecular complexity index is 306. The summed E-state index contributed by atoms with van der Waals surface area (Å²) >= 11 is 0. The van der Waals surface area contributed by atoms with Crippen LogP contribution in [0.5, 0.6) is 0 Å². The van der Waals surface area contributed by atoms with E-state index in [2.05, 4.69) is 23.5 Å². The molecule has 0 fully saturated rings. The van der Waals surface area contributed by atoms with Crippen molar-refractivity contribution >= 4 is 12.4 Å². The van der Waals surface area contributed by atoms with Gasteiger partial charge in [0.05, 0.1) is 0 Å². The van der Waals surface area contributed by atoms with Crippen LogP contribution in [0.3, 0.4) is 0 Å². The second kappa shape index (κ2) is 3.98. The van der Waals surface area contributed by atoms with Crippen LogP contribution in [-0.4, -0.2) is 0 Å². The third kappa shape index (κ3) is 1.69. The van der Waals surface area contributed by atoms with E-state index in [1.165, 1.54) is 5.57 Å². The Morgan fingerprint density at radius 1 is 0.917 bits per heavy atom. The van der Waals surface area contributed by atoms with Crippen LogP contribution in [0.2, 0.25) is 0 Å². The molecule has 2 aliphatic rings. The van der Waals surface area contributed by atoms with E-state index < -0.39 is 0 Å². The monoisotopic (exact) mass is 179 g/mol. The predicted molar refractivity (Wildman–Crippen MR) is 54.0 cm³/mol. The molecule has 0 unspecified atom stereocenters. The van der Waals surface area contributed by atoms with E-state index in [4.69, 9.17) is 0 Å². The SMILES string of the molecule is C1=CC=C2NC=CC=C2C=C1.Cl. The highest BCUT2D eigenvalue weighted by molar-refractivity contribution is 5.85. The molecule has 0 atom stereocenters. The smallest absolute Gasteiger partial charge is 0.0453 e. The number of fused-ring (bicyclic) bond motifs is 1. The number of hydrogen-bond donors (Lipinski definition) is 1. The van der Waals surface area contributed by atoms with E-state index in [0.717, 1.165) is 5.70 Å². The molecule has 2 heteroatoms. The van der Waals surface area contributed by atoms with Gasteiger partial charge in [0.1, 0.15) is 0 Å². The summed E-state index contributed by atoms with van der Waals surface area (Å²) < 4.78 is 0. The number of allylic oxidation sites excluding steroid dienone is 7. The summed E-state index contributed by atoms with van der Waals surface area (Å²) in [4.78, 5) is 0. The van der Waals surface area contributed by atoms with E-state index >= 15 is 0 Å². The fourth-order valence-electron chi connectivity index (χ4n) is 1.13. The van der Waals surface area contributed by atoms with Gasteiger partial charge < -0.3 is 5.32 Å². The predicted octanol–water partition coefficient (Wildman–Crippen LogP) is 2.46. The van der Waals surface area contributed by atoms with E-state index in [9.17, 15) is 0 Å². The topological polar surface area (TPSA) is 12.0 Å². The van der Waals surface area contributed by atoms with E-state index in [0.29, 0.717) is 0 Å². The molecule has 12 heavy (non-hydrogen) atoms. The number of dihydropyridines is 1. The standard InChI is InChI=1S/C10H9N.ClH/c1-2-5-9-6-4-8-11-10(9)7-3-1;/h1-8,11H;1H. The molecular formula is C10H10ClN. The lowest BCUT2D eigenvalue weighted by Crippen LogP contribution is -2.08. The molecule has 1 nitrogen and oxygen atoms in total. The van der Waals surface area contributed by atoms with Crippen molar-refractivity contribution in [3.05, 3.63) is 60.0 Å². The van der Waals surface area contributed by atoms with Crippen LogP contribution in [0.25, 0.3) is 0 Å². The molecule has 0 aromatic heterocycles. The molecule has 0 saturated carbocycles. The number of rotatable bonds is 0. The van der Waals surface area contributed by atoms with Gasteiger partial charge in [-0.1, -0.05) is 30.4 Å². The zero-order valence-electron chi connectivity index (χ0n) is 6.53. The molecular weight excluding hydrogens is 170 g/mol. The Morgan fingerprint density at radius 2 is 1.83 bits per heavy atom. The van der Waals surface area contributed by atoms with Gasteiger partial charge in [0, 0.05) is 11.9 Å². The van der Waals surface area contributed by atoms with Crippen molar-refractivity contribution in [1.29, 1.82) is 0 Å². The van der Waals surface area contributed by atoms with Crippen molar-refractivity contribution in [2.24, 2.45) is 0 Å². The zero-order chi connectivity index (χ0) is 7.52. The molecule has 1 aliphatic heterocycles. The van der Waals surface area contributed by atoms with Gasteiger partial charge in [-0.25, -0.2) is 0 Å². The van der Waals surface area contributed by atoms with Crippen LogP contribution in [0.1, 0.15) is 0 Å². The summed E-state index contributed by atoms with van der Waals surface area (Å²) in [6, 6.07) is 0. The minimum Gasteiger partial charge on any atom is -0.361 e. The number of hydrogen-bond acceptors (Lipinski definition) is 1. The van der Waals surface area contributed by atoms with Gasteiger partial charge in [0.2, 0.25) is 0 Å². The molecule has 62 valence electrons. The summed E-state index contributed by atoms with van der Waals surface area (Å²) in [5, 5.41) is 3.17. The molecule has 2 rings (SSSR count). The highest BCUT2D eigenvalue weighted by Gasteiger charge is 2.01. The Balaban J connectivity index is 0.000000720. The fourth-order valence-corrected chi connectivity index (χ4v) is 1.13. The van der Waals surface area contributed by atoms with Crippen LogP contribution in [0, 0.1) is 0 Å². The molecule has 1 N–H and O–H groups in total. The Labute approximate surface area is 78.3 Å². The van der Waals surface area contributed by atoms with Gasteiger partial charge in [0.15, 0.2) is 0 Å². The van der Waals surface area contributed by atoms with Gasteiger partial charge in [-0.2, -0.15) is 0 Å². The molecule has 0 aromatic rings. The van der Waals surface area contributed by atoms with Crippen molar-refractivity contribution < 1.29 is 0 Å². The third-order valence-electron chi connectivity index (χ3n) is 1.68. The fraction of sp³-hybridized carbons (Fsp3) is 0. The summed E-state index contributed by atoms with van der Waals surface area (Å²) in [6.07, 6.45) is 16.3. The first-order valence-corrected chi connectivity index (χ1v) is 3.65. The molecule has 1 aliphatic carbocycles. The van der Waals surface area contributed by atoms with Gasteiger partial charge in [-0.15, -0.1) is 12.4 Å². The Hall–Kier alpha value is -1.21. The van der Waals surface area contributed by atoms with Gasteiger partial charge >= 0.3 is 0 Å². The van der Waals surface area contributed by atoms with Crippen LogP contribution < -0.4 is 5.32 Å². The quantitative estimate of drug-likeness (QED) is 0.603. The average molecular weight is 180 g/mol. The number of nitrogens with one attached hydrogen (secondary N) is 1. The van der Waals surface area contributed by atoms with Crippen LogP contribution in [-0.2, 0) is 0 Å². The minimum absolute atomic E-state index is 0. The first-order valence-electron chi connectivity index (χ1n) is 3.65. The molecule has 1 heterocycles. The second-order valence-corrected chi connectivity index (χ2v) is 2.45. The van der Waals surface area contributed by atoms with Crippen molar-refractivity contribution in [1.82, 2.24) is 5.32 Å². The average Bonchev–Trinajstić information content (AvgIpc) is 2.28. The van der Waals surface area contributed by atoms with Crippen molar-refractivity contribution in [2.45, 2.75) is 0 Å². The van der Waals surface area contributed by atoms with E-state index in [1.807, 2.05) is 30.5 Å². The minimum atomic E-state index is 0. The molecule has 0 bridgehead atoms. The Morgan fingerprint density at radius 3 is 2.75 bits per heavy atom. The van der Waals surface area contributed by atoms with Crippen molar-refractivity contribution in [2.75, 3.05) is 0 Å². The van der Waals surface area contributed by atoms with Gasteiger partial charge in [-0.3, -0.25) is 0 Å². The lowest BCUT2D eigenvalue weighted by Gasteiger charge is -2.09. The zero-order valence-corrected chi connectivity index (χ0v) is 7.34. The summed E-state index contributed by atoms with van der Waals surface area (Å²) in [7, 11) is 0. The second-order valence-electron chi connectivity index (χ2n) is 2.45. The Kier molecular flexibility index (Phi) is 2.94. The lowest BCUT2D eigenvalue weighted by molar-refractivity contribution is 1.07. The first-order chi connectivity index (χ1) is 5.47. The van der Waals surface area contributed by atoms with Crippen molar-refractivity contribution in [3.63, 3.8) is 0 Å². The largest absolute Gasteiger partial charge is 0.361 e. The third-order valence-corrected chi connectivity index (χ3v) is 1.68. The highest BCUT2D eigenvalue weighted by Crippen LogP contribution is 2.14. The van der Waals surface area contributed by atoms with Crippen LogP contribution >= 0.6 is 12.4 Å². The maximum absolute atomic E-state index is 3.17. The van der Waals surface area contributed by atoms with Gasteiger partial charge in [0.25, 0.3) is 0 Å². The summed E-state index contributed by atoms with van der Waals surface area (Å²) in [5.74, 6) is 0. The maximum Gasteiger partial charge on any atom is 0.0453 e. The summed E-state index contributed by atoms with van der Waals surface area (Å²) in [6.45, 7) is 0. The molecule has 0 amide bonds. The lowest BCUT2D eigenvalue weighted by atomic mass is 10.1. The maximum atomic E-state index is 3.17. The normalized spacial score (nSPS) is 18.0. The molecule has 0 radical (unpaired) electrons. The molecule has 0 spiro atoms. The van der Waals surface area contributed by atoms with Crippen LogP contribution in [0.4, 0.5) is 0 Å². The van der Waals surface area contributed by atoms with Crippen molar-refractivity contribution in [3.8, 4) is 0 Å². The first kappa shape index (κ1) is 8.88. The number of halogens is 1. The summed E-state index contributed by atoms with van der Waals surface area (Å²) in [5.41, 5.74) is 2.40. The van der Waals surface area contributed by atoms with Gasteiger partial charge in [-0.05, 0) is 17.7 Å². The van der Waals surface area contributed by atoms with Crippen LogP contribution in [0.15, 0.2) is 60.0 Å². The molecule has 0 saturated heterocycles. The highest BCUT2D eigenvalue weighted by atomic mass is 35.5. The van der Waals surface area contributed by atoms with E-state index in [1.54, 1.807) is 0 Å².